The molecule has 2 rings (SSSR count). The minimum atomic E-state index is -0.175. The van der Waals surface area contributed by atoms with Crippen molar-refractivity contribution in [2.24, 2.45) is 0 Å². The molecule has 0 aliphatic rings. The van der Waals surface area contributed by atoms with Crippen LogP contribution < -0.4 is 0 Å². The van der Waals surface area contributed by atoms with Gasteiger partial charge in [-0.25, -0.2) is 8.78 Å². The third kappa shape index (κ3) is 7.27. The summed E-state index contributed by atoms with van der Waals surface area (Å²) in [6.45, 7) is 1.80. The van der Waals surface area contributed by atoms with Gasteiger partial charge in [0.25, 0.3) is 0 Å². The van der Waals surface area contributed by atoms with E-state index in [0.717, 1.165) is 42.4 Å². The summed E-state index contributed by atoms with van der Waals surface area (Å²) in [6, 6.07) is 11.0. The molecule has 136 valence electrons. The summed E-state index contributed by atoms with van der Waals surface area (Å²) in [7, 11) is 0. The first-order valence-electron chi connectivity index (χ1n) is 9.25. The summed E-state index contributed by atoms with van der Waals surface area (Å²) in [5, 5.41) is 0. The number of halogens is 3. The Hall–Kier alpha value is -1.22. The van der Waals surface area contributed by atoms with Crippen LogP contribution in [0.5, 0.6) is 0 Å². The molecule has 0 atom stereocenters. The summed E-state index contributed by atoms with van der Waals surface area (Å²) >= 11 is 3.18. The van der Waals surface area contributed by atoms with Crippen LogP contribution in [0, 0.1) is 18.6 Å². The summed E-state index contributed by atoms with van der Waals surface area (Å²) in [6.07, 6.45) is 10.3. The number of rotatable bonds is 10. The number of benzene rings is 2. The maximum Gasteiger partial charge on any atom is 0.137 e. The fourth-order valence-corrected chi connectivity index (χ4v) is 3.28. The van der Waals surface area contributed by atoms with Crippen molar-refractivity contribution < 1.29 is 8.78 Å². The van der Waals surface area contributed by atoms with E-state index in [-0.39, 0.29) is 11.6 Å². The second-order valence-corrected chi connectivity index (χ2v) is 7.66. The molecular weight excluding hydrogens is 382 g/mol. The zero-order chi connectivity index (χ0) is 18.1. The van der Waals surface area contributed by atoms with Gasteiger partial charge in [-0.05, 0) is 83.4 Å². The highest BCUT2D eigenvalue weighted by molar-refractivity contribution is 9.10. The number of unbranched alkanes of at least 4 members (excludes halogenated alkanes) is 6. The van der Waals surface area contributed by atoms with E-state index in [1.54, 1.807) is 25.1 Å². The van der Waals surface area contributed by atoms with E-state index in [1.165, 1.54) is 32.1 Å². The topological polar surface area (TPSA) is 0 Å². The maximum atomic E-state index is 13.5. The molecule has 0 fully saturated rings. The molecule has 2 aromatic carbocycles. The SMILES string of the molecule is Cc1ccc(CCCCCCCCCc2ccc(Br)c(F)c2)cc1F. The molecule has 0 radical (unpaired) electrons. The number of hydrogen-bond donors (Lipinski definition) is 0. The van der Waals surface area contributed by atoms with Crippen molar-refractivity contribution >= 4 is 15.9 Å². The Morgan fingerprint density at radius 3 is 1.68 bits per heavy atom. The highest BCUT2D eigenvalue weighted by Gasteiger charge is 2.01. The van der Waals surface area contributed by atoms with E-state index in [1.807, 2.05) is 18.2 Å². The Balaban J connectivity index is 1.49. The van der Waals surface area contributed by atoms with Crippen LogP contribution in [-0.2, 0) is 12.8 Å². The molecule has 0 bridgehead atoms. The van der Waals surface area contributed by atoms with Crippen molar-refractivity contribution in [3.63, 3.8) is 0 Å². The molecule has 0 saturated carbocycles. The van der Waals surface area contributed by atoms with Crippen molar-refractivity contribution in [3.05, 3.63) is 69.2 Å². The lowest BCUT2D eigenvalue weighted by Crippen LogP contribution is -1.90. The van der Waals surface area contributed by atoms with Crippen molar-refractivity contribution in [1.29, 1.82) is 0 Å². The quantitative estimate of drug-likeness (QED) is 0.355. The van der Waals surface area contributed by atoms with Crippen LogP contribution in [0.3, 0.4) is 0 Å². The van der Waals surface area contributed by atoms with Crippen LogP contribution in [0.15, 0.2) is 40.9 Å². The number of hydrogen-bond acceptors (Lipinski definition) is 0. The van der Waals surface area contributed by atoms with Crippen molar-refractivity contribution in [2.45, 2.75) is 64.7 Å². The third-order valence-electron chi connectivity index (χ3n) is 4.65. The fraction of sp³-hybridized carbons (Fsp3) is 0.455. The second-order valence-electron chi connectivity index (χ2n) is 6.81. The molecule has 0 amide bonds. The van der Waals surface area contributed by atoms with E-state index in [0.29, 0.717) is 4.47 Å². The Morgan fingerprint density at radius 2 is 1.16 bits per heavy atom. The smallest absolute Gasteiger partial charge is 0.137 e. The van der Waals surface area contributed by atoms with Gasteiger partial charge in [0.05, 0.1) is 4.47 Å². The van der Waals surface area contributed by atoms with Crippen LogP contribution >= 0.6 is 15.9 Å². The van der Waals surface area contributed by atoms with Gasteiger partial charge in [0.2, 0.25) is 0 Å². The molecule has 0 aliphatic carbocycles. The van der Waals surface area contributed by atoms with Crippen molar-refractivity contribution in [3.8, 4) is 0 Å². The highest BCUT2D eigenvalue weighted by atomic mass is 79.9. The maximum absolute atomic E-state index is 13.5. The van der Waals surface area contributed by atoms with Gasteiger partial charge < -0.3 is 0 Å². The van der Waals surface area contributed by atoms with E-state index in [9.17, 15) is 8.78 Å². The lowest BCUT2D eigenvalue weighted by Gasteiger charge is -2.05. The van der Waals surface area contributed by atoms with Gasteiger partial charge in [0.15, 0.2) is 0 Å². The molecule has 0 N–H and O–H groups in total. The molecule has 0 heterocycles. The predicted octanol–water partition coefficient (Wildman–Crippen LogP) is 7.55. The van der Waals surface area contributed by atoms with Gasteiger partial charge in [-0.15, -0.1) is 0 Å². The molecule has 0 nitrogen and oxygen atoms in total. The standard InChI is InChI=1S/C22H27BrF2/c1-17-11-12-18(15-21(17)24)9-7-5-3-2-4-6-8-10-19-13-14-20(23)22(25)16-19/h11-16H,2-10H2,1H3. The summed E-state index contributed by atoms with van der Waals surface area (Å²) < 4.78 is 27.4. The predicted molar refractivity (Wildman–Crippen MR) is 105 cm³/mol. The highest BCUT2D eigenvalue weighted by Crippen LogP contribution is 2.18. The van der Waals surface area contributed by atoms with E-state index >= 15 is 0 Å². The minimum absolute atomic E-state index is 0.0943. The van der Waals surface area contributed by atoms with E-state index < -0.39 is 0 Å². The Kier molecular flexibility index (Phi) is 8.60. The summed E-state index contributed by atoms with van der Waals surface area (Å²) in [4.78, 5) is 0. The Labute approximate surface area is 158 Å². The molecule has 3 heteroatoms. The number of aryl methyl sites for hydroxylation is 3. The lowest BCUT2D eigenvalue weighted by atomic mass is 10.0. The van der Waals surface area contributed by atoms with Gasteiger partial charge in [-0.3, -0.25) is 0 Å². The zero-order valence-corrected chi connectivity index (χ0v) is 16.5. The molecule has 0 unspecified atom stereocenters. The average Bonchev–Trinajstić information content (AvgIpc) is 2.59. The molecule has 25 heavy (non-hydrogen) atoms. The monoisotopic (exact) mass is 408 g/mol. The fourth-order valence-electron chi connectivity index (χ4n) is 3.03. The zero-order valence-electron chi connectivity index (χ0n) is 15.0. The summed E-state index contributed by atoms with van der Waals surface area (Å²) in [5.41, 5.74) is 2.89. The Morgan fingerprint density at radius 1 is 0.680 bits per heavy atom. The molecule has 0 spiro atoms. The second kappa shape index (κ2) is 10.7. The third-order valence-corrected chi connectivity index (χ3v) is 5.29. The van der Waals surface area contributed by atoms with Crippen LogP contribution in [0.1, 0.15) is 61.6 Å². The van der Waals surface area contributed by atoms with Crippen LogP contribution in [0.4, 0.5) is 8.78 Å². The van der Waals surface area contributed by atoms with Gasteiger partial charge >= 0.3 is 0 Å². The minimum Gasteiger partial charge on any atom is -0.207 e. The first-order valence-corrected chi connectivity index (χ1v) is 10.0. The lowest BCUT2D eigenvalue weighted by molar-refractivity contribution is 0.575. The largest absolute Gasteiger partial charge is 0.207 e. The van der Waals surface area contributed by atoms with Gasteiger partial charge in [0.1, 0.15) is 11.6 Å². The summed E-state index contributed by atoms with van der Waals surface area (Å²) in [5.74, 6) is -0.269. The Bertz CT molecular complexity index is 610. The van der Waals surface area contributed by atoms with Gasteiger partial charge in [0, 0.05) is 0 Å². The van der Waals surface area contributed by atoms with Gasteiger partial charge in [-0.1, -0.05) is 50.3 Å². The van der Waals surface area contributed by atoms with Crippen LogP contribution in [-0.4, -0.2) is 0 Å². The van der Waals surface area contributed by atoms with Crippen LogP contribution in [0.25, 0.3) is 0 Å². The molecular formula is C22H27BrF2. The van der Waals surface area contributed by atoms with E-state index in [2.05, 4.69) is 15.9 Å². The van der Waals surface area contributed by atoms with Gasteiger partial charge in [-0.2, -0.15) is 0 Å². The molecule has 2 aromatic rings. The molecule has 0 aliphatic heterocycles. The first kappa shape index (κ1) is 20.1. The van der Waals surface area contributed by atoms with E-state index in [4.69, 9.17) is 0 Å². The molecule has 0 saturated heterocycles. The normalized spacial score (nSPS) is 11.0. The molecule has 0 aromatic heterocycles. The van der Waals surface area contributed by atoms with Crippen molar-refractivity contribution in [1.82, 2.24) is 0 Å². The average molecular weight is 409 g/mol. The van der Waals surface area contributed by atoms with Crippen LogP contribution in [0.2, 0.25) is 0 Å². The first-order chi connectivity index (χ1) is 12.1. The van der Waals surface area contributed by atoms with Crippen molar-refractivity contribution in [2.75, 3.05) is 0 Å².